The molecule has 36 heavy (non-hydrogen) atoms. The molecular weight excluding hydrogens is 483 g/mol. The van der Waals surface area contributed by atoms with Crippen molar-refractivity contribution in [3.05, 3.63) is 65.7 Å². The molecule has 4 rings (SSSR count). The molecule has 0 radical (unpaired) electrons. The Morgan fingerprint density at radius 3 is 2.28 bits per heavy atom. The second kappa shape index (κ2) is 10.3. The number of methoxy groups -OCH3 is 1. The number of carbonyl (C=O) groups excluding carboxylic acids is 1. The summed E-state index contributed by atoms with van der Waals surface area (Å²) in [5.74, 6) is -1.24. The lowest BCUT2D eigenvalue weighted by Gasteiger charge is -2.51. The van der Waals surface area contributed by atoms with Crippen LogP contribution in [-0.4, -0.2) is 56.9 Å². The van der Waals surface area contributed by atoms with E-state index >= 15 is 0 Å². The maximum Gasteiger partial charge on any atom is 0.430 e. The van der Waals surface area contributed by atoms with Gasteiger partial charge in [0.25, 0.3) is 11.5 Å². The van der Waals surface area contributed by atoms with Gasteiger partial charge >= 0.3 is 12.8 Å². The fourth-order valence-corrected chi connectivity index (χ4v) is 5.76. The van der Waals surface area contributed by atoms with Crippen LogP contribution in [0.5, 0.6) is 5.75 Å². The number of alkyl halides is 5. The average Bonchev–Trinajstić information content (AvgIpc) is 2.85. The molecule has 2 aliphatic rings. The van der Waals surface area contributed by atoms with E-state index in [1.165, 1.54) is 35.2 Å². The van der Waals surface area contributed by atoms with Gasteiger partial charge in [-0.15, -0.1) is 0 Å². The maximum atomic E-state index is 14.4. The molecule has 10 heteroatoms. The third-order valence-electron chi connectivity index (χ3n) is 7.63. The van der Waals surface area contributed by atoms with Gasteiger partial charge in [-0.3, -0.25) is 4.79 Å². The van der Waals surface area contributed by atoms with Gasteiger partial charge in [0, 0.05) is 38.2 Å². The van der Waals surface area contributed by atoms with E-state index in [4.69, 9.17) is 9.47 Å². The summed E-state index contributed by atoms with van der Waals surface area (Å²) < 4.78 is 79.0. The molecule has 5 nitrogen and oxygen atoms in total. The number of ether oxygens (including phenoxy) is 2. The normalized spacial score (nSPS) is 21.9. The minimum absolute atomic E-state index is 0.0960. The smallest absolute Gasteiger partial charge is 0.430 e. The van der Waals surface area contributed by atoms with Crippen molar-refractivity contribution in [3.63, 3.8) is 0 Å². The maximum absolute atomic E-state index is 14.4. The molecule has 196 valence electrons. The zero-order valence-corrected chi connectivity index (χ0v) is 19.9. The summed E-state index contributed by atoms with van der Waals surface area (Å²) in [6, 6.07) is 13.6. The van der Waals surface area contributed by atoms with E-state index in [1.54, 1.807) is 24.3 Å². The minimum Gasteiger partial charge on any atom is -0.435 e. The largest absolute Gasteiger partial charge is 0.435 e. The van der Waals surface area contributed by atoms with E-state index in [2.05, 4.69) is 5.32 Å². The van der Waals surface area contributed by atoms with Crippen LogP contribution in [0, 0.1) is 5.41 Å². The lowest BCUT2D eigenvalue weighted by Crippen LogP contribution is -2.59. The van der Waals surface area contributed by atoms with Crippen molar-refractivity contribution >= 4 is 5.91 Å². The first-order chi connectivity index (χ1) is 17.1. The lowest BCUT2D eigenvalue weighted by molar-refractivity contribution is -0.271. The van der Waals surface area contributed by atoms with Crippen molar-refractivity contribution in [2.24, 2.45) is 5.41 Å². The standard InChI is InChI=1S/C26H29F5N2O3/c1-35-25(26(29,30)31,18-7-3-2-4-8-18)22(34)33-15-12-24(13-16-33)11-14-32-17-20(24)19-9-5-6-10-21(19)36-23(27)28/h2-10,20,23,32H,11-17H2,1H3/t20?,25-/m1/s1. The number of likely N-dealkylation sites (tertiary alicyclic amines) is 1. The van der Waals surface area contributed by atoms with E-state index in [1.807, 2.05) is 0 Å². The number of nitrogens with zero attached hydrogens (tertiary/aromatic N) is 1. The molecule has 2 saturated heterocycles. The highest BCUT2D eigenvalue weighted by Gasteiger charge is 2.64. The molecule has 2 aromatic rings. The second-order valence-electron chi connectivity index (χ2n) is 9.33. The number of piperidine rings is 2. The van der Waals surface area contributed by atoms with Crippen molar-refractivity contribution in [1.82, 2.24) is 10.2 Å². The minimum atomic E-state index is -4.97. The van der Waals surface area contributed by atoms with Crippen molar-refractivity contribution < 1.29 is 36.2 Å². The molecule has 0 saturated carbocycles. The van der Waals surface area contributed by atoms with Crippen LogP contribution in [0.1, 0.15) is 36.3 Å². The number of halogens is 5. The van der Waals surface area contributed by atoms with Crippen LogP contribution in [0.3, 0.4) is 0 Å². The predicted molar refractivity (Wildman–Crippen MR) is 123 cm³/mol. The van der Waals surface area contributed by atoms with Crippen LogP contribution in [0.15, 0.2) is 54.6 Å². The first-order valence-corrected chi connectivity index (χ1v) is 11.9. The fourth-order valence-electron chi connectivity index (χ4n) is 5.76. The average molecular weight is 513 g/mol. The first-order valence-electron chi connectivity index (χ1n) is 11.9. The number of carbonyl (C=O) groups is 1. The third kappa shape index (κ3) is 4.68. The van der Waals surface area contributed by atoms with Gasteiger partial charge in [-0.2, -0.15) is 22.0 Å². The zero-order chi connectivity index (χ0) is 26.0. The number of nitrogens with one attached hydrogen (secondary N) is 1. The zero-order valence-electron chi connectivity index (χ0n) is 19.9. The van der Waals surface area contributed by atoms with Crippen molar-refractivity contribution in [1.29, 1.82) is 0 Å². The Labute approximate surface area is 206 Å². The van der Waals surface area contributed by atoms with Gasteiger partial charge in [-0.05, 0) is 42.9 Å². The van der Waals surface area contributed by atoms with Crippen LogP contribution < -0.4 is 10.1 Å². The molecule has 2 aromatic carbocycles. The van der Waals surface area contributed by atoms with E-state index in [-0.39, 0.29) is 35.7 Å². The van der Waals surface area contributed by atoms with E-state index in [0.717, 1.165) is 7.11 Å². The molecule has 1 amide bonds. The summed E-state index contributed by atoms with van der Waals surface area (Å²) in [4.78, 5) is 14.7. The highest BCUT2D eigenvalue weighted by atomic mass is 19.4. The SMILES string of the molecule is CO[C@@](C(=O)N1CCC2(CCNCC2c2ccccc2OC(F)F)CC1)(c1ccccc1)C(F)(F)F. The number of rotatable bonds is 6. The van der Waals surface area contributed by atoms with Crippen LogP contribution >= 0.6 is 0 Å². The predicted octanol–water partition coefficient (Wildman–Crippen LogP) is 5.08. The second-order valence-corrected chi connectivity index (χ2v) is 9.33. The number of hydrogen-bond donors (Lipinski definition) is 1. The molecule has 1 unspecified atom stereocenters. The molecule has 0 aliphatic carbocycles. The Morgan fingerprint density at radius 2 is 1.67 bits per heavy atom. The number of amides is 1. The molecule has 2 aliphatic heterocycles. The van der Waals surface area contributed by atoms with Gasteiger partial charge in [0.1, 0.15) is 5.75 Å². The Balaban J connectivity index is 1.61. The molecule has 0 aromatic heterocycles. The summed E-state index contributed by atoms with van der Waals surface area (Å²) in [5, 5.41) is 3.30. The van der Waals surface area contributed by atoms with Gasteiger partial charge in [-0.1, -0.05) is 48.5 Å². The first kappa shape index (κ1) is 26.3. The van der Waals surface area contributed by atoms with Crippen molar-refractivity contribution in [2.75, 3.05) is 33.3 Å². The number of benzene rings is 2. The molecular formula is C26H29F5N2O3. The van der Waals surface area contributed by atoms with E-state index in [0.29, 0.717) is 37.9 Å². The number of para-hydroxylation sites is 1. The quantitative estimate of drug-likeness (QED) is 0.549. The van der Waals surface area contributed by atoms with Crippen molar-refractivity contribution in [3.8, 4) is 5.75 Å². The molecule has 1 N–H and O–H groups in total. The summed E-state index contributed by atoms with van der Waals surface area (Å²) >= 11 is 0. The highest BCUT2D eigenvalue weighted by Crippen LogP contribution is 2.51. The van der Waals surface area contributed by atoms with E-state index in [9.17, 15) is 26.7 Å². The Morgan fingerprint density at radius 1 is 1.03 bits per heavy atom. The molecule has 2 atom stereocenters. The molecule has 0 bridgehead atoms. The summed E-state index contributed by atoms with van der Waals surface area (Å²) in [6.07, 6.45) is -3.41. The Kier molecular flexibility index (Phi) is 7.56. The van der Waals surface area contributed by atoms with Crippen molar-refractivity contribution in [2.45, 2.75) is 43.6 Å². The monoisotopic (exact) mass is 512 g/mol. The lowest BCUT2D eigenvalue weighted by atomic mass is 9.62. The van der Waals surface area contributed by atoms with Crippen LogP contribution in [0.4, 0.5) is 22.0 Å². The summed E-state index contributed by atoms with van der Waals surface area (Å²) in [7, 11) is 0.895. The van der Waals surface area contributed by atoms with Gasteiger partial charge < -0.3 is 19.7 Å². The van der Waals surface area contributed by atoms with E-state index < -0.39 is 24.3 Å². The summed E-state index contributed by atoms with van der Waals surface area (Å²) in [5.41, 5.74) is -3.12. The fraction of sp³-hybridized carbons (Fsp3) is 0.500. The van der Waals surface area contributed by atoms with Crippen LogP contribution in [0.25, 0.3) is 0 Å². The molecule has 2 fully saturated rings. The summed E-state index contributed by atoms with van der Waals surface area (Å²) in [6.45, 7) is -1.56. The number of hydrogen-bond acceptors (Lipinski definition) is 4. The Bertz CT molecular complexity index is 1040. The van der Waals surface area contributed by atoms with Gasteiger partial charge in [0.2, 0.25) is 0 Å². The highest BCUT2D eigenvalue weighted by molar-refractivity contribution is 5.88. The van der Waals surface area contributed by atoms with Crippen LogP contribution in [-0.2, 0) is 15.1 Å². The topological polar surface area (TPSA) is 50.8 Å². The molecule has 1 spiro atoms. The molecule has 2 heterocycles. The van der Waals surface area contributed by atoms with Gasteiger partial charge in [0.05, 0.1) is 0 Å². The van der Waals surface area contributed by atoms with Gasteiger partial charge in [-0.25, -0.2) is 0 Å². The third-order valence-corrected chi connectivity index (χ3v) is 7.63. The Hall–Kier alpha value is -2.72. The van der Waals surface area contributed by atoms with Gasteiger partial charge in [0.15, 0.2) is 0 Å². The van der Waals surface area contributed by atoms with Crippen LogP contribution in [0.2, 0.25) is 0 Å².